The number of carbonyl (C=O) groups excluding carboxylic acids is 2. The number of hydrogen-bond donors (Lipinski definition) is 2. The van der Waals surface area contributed by atoms with E-state index in [-0.39, 0.29) is 22.2 Å². The minimum absolute atomic E-state index is 0.0201. The molecule has 2 aromatic carbocycles. The molecule has 0 fully saturated rings. The van der Waals surface area contributed by atoms with Crippen molar-refractivity contribution in [2.24, 2.45) is 0 Å². The average molecular weight is 408 g/mol. The van der Waals surface area contributed by atoms with Gasteiger partial charge in [-0.3, -0.25) is 9.52 Å². The fourth-order valence-electron chi connectivity index (χ4n) is 2.25. The predicted molar refractivity (Wildman–Crippen MR) is 102 cm³/mol. The normalized spacial score (nSPS) is 12.3. The van der Waals surface area contributed by atoms with Crippen LogP contribution in [0.25, 0.3) is 0 Å². The van der Waals surface area contributed by atoms with Crippen LogP contribution in [0.5, 0.6) is 0 Å². The highest BCUT2D eigenvalue weighted by Crippen LogP contribution is 2.21. The van der Waals surface area contributed by atoms with Crippen molar-refractivity contribution in [3.8, 4) is 0 Å². The van der Waals surface area contributed by atoms with E-state index in [1.54, 1.807) is 13.8 Å². The monoisotopic (exact) mass is 408 g/mol. The van der Waals surface area contributed by atoms with Crippen molar-refractivity contribution in [2.75, 3.05) is 4.72 Å². The lowest BCUT2D eigenvalue weighted by Crippen LogP contribution is -2.39. The van der Waals surface area contributed by atoms with Crippen molar-refractivity contribution in [1.82, 2.24) is 5.32 Å². The van der Waals surface area contributed by atoms with Gasteiger partial charge in [-0.15, -0.1) is 0 Å². The summed E-state index contributed by atoms with van der Waals surface area (Å²) in [7, 11) is -4.05. The van der Waals surface area contributed by atoms with E-state index in [2.05, 4.69) is 10.0 Å². The molecular weight excluding hydrogens is 387 g/mol. The van der Waals surface area contributed by atoms with E-state index >= 15 is 0 Å². The zero-order valence-electron chi connectivity index (χ0n) is 15.6. The molecule has 0 saturated carbocycles. The number of para-hydroxylation sites is 1. The summed E-state index contributed by atoms with van der Waals surface area (Å²) in [5.74, 6) is -1.90. The number of carbonyl (C=O) groups is 2. The van der Waals surface area contributed by atoms with Gasteiger partial charge in [-0.25, -0.2) is 17.6 Å². The summed E-state index contributed by atoms with van der Waals surface area (Å²) in [5.41, 5.74) is -0.0781. The van der Waals surface area contributed by atoms with Crippen LogP contribution in [-0.2, 0) is 19.6 Å². The average Bonchev–Trinajstić information content (AvgIpc) is 2.61. The molecule has 0 aromatic heterocycles. The number of anilines is 1. The van der Waals surface area contributed by atoms with Crippen LogP contribution in [-0.4, -0.2) is 32.4 Å². The Morgan fingerprint density at radius 3 is 2.21 bits per heavy atom. The van der Waals surface area contributed by atoms with E-state index in [1.165, 1.54) is 31.2 Å². The van der Waals surface area contributed by atoms with Gasteiger partial charge in [-0.05, 0) is 57.2 Å². The second kappa shape index (κ2) is 8.83. The van der Waals surface area contributed by atoms with E-state index in [4.69, 9.17) is 4.74 Å². The molecule has 0 radical (unpaired) electrons. The third-order valence-electron chi connectivity index (χ3n) is 3.60. The molecule has 9 heteroatoms. The molecule has 2 aromatic rings. The zero-order valence-corrected chi connectivity index (χ0v) is 16.4. The number of halogens is 1. The lowest BCUT2D eigenvalue weighted by atomic mass is 10.2. The molecule has 0 bridgehead atoms. The summed E-state index contributed by atoms with van der Waals surface area (Å²) in [6.45, 7) is 4.96. The largest absolute Gasteiger partial charge is 0.449 e. The first kappa shape index (κ1) is 21.4. The van der Waals surface area contributed by atoms with Crippen molar-refractivity contribution in [3.05, 3.63) is 59.9 Å². The molecule has 0 heterocycles. The Bertz CT molecular complexity index is 959. The second-order valence-electron chi connectivity index (χ2n) is 6.32. The number of amides is 1. The third kappa shape index (κ3) is 5.53. The quantitative estimate of drug-likeness (QED) is 0.686. The smallest absolute Gasteiger partial charge is 0.341 e. The van der Waals surface area contributed by atoms with Crippen LogP contribution in [0.2, 0.25) is 0 Å². The second-order valence-corrected chi connectivity index (χ2v) is 8.00. The van der Waals surface area contributed by atoms with Crippen LogP contribution in [0.15, 0.2) is 53.4 Å². The Morgan fingerprint density at radius 1 is 1.00 bits per heavy atom. The summed E-state index contributed by atoms with van der Waals surface area (Å²) >= 11 is 0. The van der Waals surface area contributed by atoms with Crippen LogP contribution in [0.4, 0.5) is 10.1 Å². The molecule has 150 valence electrons. The predicted octanol–water partition coefficient (Wildman–Crippen LogP) is 2.70. The fourth-order valence-corrected chi connectivity index (χ4v) is 3.33. The number of benzene rings is 2. The molecule has 0 saturated heterocycles. The molecule has 1 atom stereocenters. The van der Waals surface area contributed by atoms with Crippen LogP contribution in [0, 0.1) is 5.82 Å². The van der Waals surface area contributed by atoms with E-state index < -0.39 is 33.8 Å². The third-order valence-corrected chi connectivity index (χ3v) is 4.98. The van der Waals surface area contributed by atoms with Crippen molar-refractivity contribution in [1.29, 1.82) is 0 Å². The summed E-state index contributed by atoms with van der Waals surface area (Å²) in [4.78, 5) is 24.2. The fraction of sp³-hybridized carbons (Fsp3) is 0.263. The Kier molecular flexibility index (Phi) is 6.74. The Morgan fingerprint density at radius 2 is 1.61 bits per heavy atom. The Hall–Kier alpha value is -2.94. The number of rotatable bonds is 7. The van der Waals surface area contributed by atoms with Gasteiger partial charge in [0.25, 0.3) is 15.9 Å². The topological polar surface area (TPSA) is 102 Å². The van der Waals surface area contributed by atoms with Crippen LogP contribution in [0.1, 0.15) is 31.1 Å². The standard InChI is InChI=1S/C19H21FN2O5S/c1-12(2)21-18(23)13(3)27-19(24)16-6-4-5-7-17(16)22-28(25,26)15-10-8-14(20)9-11-15/h4-13,22H,1-3H3,(H,21,23)/t13-/m0/s1. The molecule has 7 nitrogen and oxygen atoms in total. The summed E-state index contributed by atoms with van der Waals surface area (Å²) in [6.07, 6.45) is -1.06. The van der Waals surface area contributed by atoms with Gasteiger partial charge in [-0.1, -0.05) is 12.1 Å². The minimum Gasteiger partial charge on any atom is -0.449 e. The highest BCUT2D eigenvalue weighted by atomic mass is 32.2. The van der Waals surface area contributed by atoms with Crippen LogP contribution < -0.4 is 10.0 Å². The van der Waals surface area contributed by atoms with Gasteiger partial charge in [0.05, 0.1) is 16.1 Å². The molecule has 2 N–H and O–H groups in total. The summed E-state index contributed by atoms with van der Waals surface area (Å²) in [6, 6.07) is 9.96. The lowest BCUT2D eigenvalue weighted by molar-refractivity contribution is -0.129. The van der Waals surface area contributed by atoms with Crippen LogP contribution >= 0.6 is 0 Å². The summed E-state index contributed by atoms with van der Waals surface area (Å²) < 4.78 is 45.4. The van der Waals surface area contributed by atoms with Gasteiger partial charge in [0.2, 0.25) is 0 Å². The molecule has 0 aliphatic heterocycles. The molecular formula is C19H21FN2O5S. The number of sulfonamides is 1. The maximum absolute atomic E-state index is 13.0. The SMILES string of the molecule is CC(C)NC(=O)[C@H](C)OC(=O)c1ccccc1NS(=O)(=O)c1ccc(F)cc1. The molecule has 28 heavy (non-hydrogen) atoms. The van der Waals surface area contributed by atoms with E-state index in [1.807, 2.05) is 0 Å². The molecule has 0 spiro atoms. The van der Waals surface area contributed by atoms with Crippen molar-refractivity contribution < 1.29 is 27.1 Å². The first-order chi connectivity index (χ1) is 13.1. The molecule has 2 rings (SSSR count). The van der Waals surface area contributed by atoms with E-state index in [0.717, 1.165) is 24.3 Å². The van der Waals surface area contributed by atoms with Crippen LogP contribution in [0.3, 0.4) is 0 Å². The first-order valence-electron chi connectivity index (χ1n) is 8.49. The van der Waals surface area contributed by atoms with Crippen molar-refractivity contribution >= 4 is 27.6 Å². The van der Waals surface area contributed by atoms with Gasteiger partial charge in [-0.2, -0.15) is 0 Å². The number of hydrogen-bond acceptors (Lipinski definition) is 5. The Balaban J connectivity index is 2.21. The van der Waals surface area contributed by atoms with Gasteiger partial charge in [0.15, 0.2) is 6.10 Å². The van der Waals surface area contributed by atoms with Gasteiger partial charge in [0, 0.05) is 6.04 Å². The van der Waals surface area contributed by atoms with Crippen molar-refractivity contribution in [2.45, 2.75) is 37.8 Å². The maximum Gasteiger partial charge on any atom is 0.341 e. The molecule has 1 amide bonds. The van der Waals surface area contributed by atoms with Crippen molar-refractivity contribution in [3.63, 3.8) is 0 Å². The maximum atomic E-state index is 13.0. The van der Waals surface area contributed by atoms with Gasteiger partial charge < -0.3 is 10.1 Å². The highest BCUT2D eigenvalue weighted by Gasteiger charge is 2.23. The number of ether oxygens (including phenoxy) is 1. The number of esters is 1. The number of nitrogens with one attached hydrogen (secondary N) is 2. The van der Waals surface area contributed by atoms with E-state index in [9.17, 15) is 22.4 Å². The molecule has 0 aliphatic carbocycles. The lowest BCUT2D eigenvalue weighted by Gasteiger charge is -2.17. The molecule has 0 aliphatic rings. The minimum atomic E-state index is -4.05. The summed E-state index contributed by atoms with van der Waals surface area (Å²) in [5, 5.41) is 2.62. The molecule has 0 unspecified atom stereocenters. The van der Waals surface area contributed by atoms with Gasteiger partial charge in [0.1, 0.15) is 5.82 Å². The van der Waals surface area contributed by atoms with Gasteiger partial charge >= 0.3 is 5.97 Å². The Labute approximate surface area is 163 Å². The first-order valence-corrected chi connectivity index (χ1v) is 9.97. The van der Waals surface area contributed by atoms with E-state index in [0.29, 0.717) is 0 Å². The highest BCUT2D eigenvalue weighted by molar-refractivity contribution is 7.92. The zero-order chi connectivity index (χ0) is 20.9.